The van der Waals surface area contributed by atoms with Gasteiger partial charge in [-0.2, -0.15) is 0 Å². The highest BCUT2D eigenvalue weighted by molar-refractivity contribution is 6.02. The number of aromatic nitrogens is 3. The van der Waals surface area contributed by atoms with E-state index in [0.717, 1.165) is 11.9 Å². The average Bonchev–Trinajstić information content (AvgIpc) is 3.49. The van der Waals surface area contributed by atoms with Crippen molar-refractivity contribution in [3.05, 3.63) is 72.2 Å². The van der Waals surface area contributed by atoms with Crippen LogP contribution >= 0.6 is 0 Å². The minimum atomic E-state index is -1.05. The van der Waals surface area contributed by atoms with Crippen LogP contribution in [-0.4, -0.2) is 40.0 Å². The maximum Gasteiger partial charge on any atom is 0.251 e. The Morgan fingerprint density at radius 1 is 1.08 bits per heavy atom. The number of benzene rings is 2. The number of nitrogens with one attached hydrogen (secondary N) is 1. The number of ether oxygens (including phenoxy) is 1. The van der Waals surface area contributed by atoms with Crippen molar-refractivity contribution in [2.75, 3.05) is 18.1 Å². The van der Waals surface area contributed by atoms with Crippen molar-refractivity contribution >= 4 is 28.5 Å². The van der Waals surface area contributed by atoms with Crippen LogP contribution in [0.5, 0.6) is 5.75 Å². The first-order valence-corrected chi connectivity index (χ1v) is 12.5. The van der Waals surface area contributed by atoms with Crippen LogP contribution in [0.4, 0.5) is 5.69 Å². The Kier molecular flexibility index (Phi) is 8.22. The molecule has 37 heavy (non-hydrogen) atoms. The van der Waals surface area contributed by atoms with E-state index >= 15 is 0 Å². The third-order valence-electron chi connectivity index (χ3n) is 5.96. The second kappa shape index (κ2) is 11.7. The van der Waals surface area contributed by atoms with Crippen molar-refractivity contribution in [1.29, 1.82) is 0 Å². The van der Waals surface area contributed by atoms with Crippen LogP contribution in [0.25, 0.3) is 11.0 Å². The fourth-order valence-corrected chi connectivity index (χ4v) is 4.14. The molecule has 0 saturated carbocycles. The highest BCUT2D eigenvalue weighted by atomic mass is 16.5. The molecule has 194 valence electrons. The van der Waals surface area contributed by atoms with Gasteiger partial charge < -0.3 is 14.5 Å². The van der Waals surface area contributed by atoms with Gasteiger partial charge in [-0.05, 0) is 62.6 Å². The summed E-state index contributed by atoms with van der Waals surface area (Å²) in [4.78, 5) is 29.2. The zero-order valence-corrected chi connectivity index (χ0v) is 21.7. The molecule has 9 nitrogen and oxygen atoms in total. The van der Waals surface area contributed by atoms with Gasteiger partial charge in [0.25, 0.3) is 5.91 Å². The molecule has 0 radical (unpaired) electrons. The van der Waals surface area contributed by atoms with Gasteiger partial charge in [-0.3, -0.25) is 14.5 Å². The Morgan fingerprint density at radius 2 is 1.84 bits per heavy atom. The molecular weight excluding hydrogens is 470 g/mol. The number of carbonyl (C=O) groups excluding carboxylic acids is 2. The number of para-hydroxylation sites is 3. The predicted molar refractivity (Wildman–Crippen MR) is 141 cm³/mol. The van der Waals surface area contributed by atoms with Gasteiger partial charge in [-0.1, -0.05) is 43.3 Å². The molecule has 0 aliphatic heterocycles. The first-order valence-electron chi connectivity index (χ1n) is 12.5. The first-order chi connectivity index (χ1) is 17.9. The molecule has 9 heteroatoms. The molecule has 2 amide bonds. The lowest BCUT2D eigenvalue weighted by atomic mass is 10.1. The van der Waals surface area contributed by atoms with Gasteiger partial charge >= 0.3 is 0 Å². The number of aryl methyl sites for hydroxylation is 1. The lowest BCUT2D eigenvalue weighted by Gasteiger charge is -2.31. The van der Waals surface area contributed by atoms with Gasteiger partial charge in [0.15, 0.2) is 6.04 Å². The van der Waals surface area contributed by atoms with Crippen LogP contribution in [0.2, 0.25) is 0 Å². The lowest BCUT2D eigenvalue weighted by molar-refractivity contribution is -0.127. The number of carbonyl (C=O) groups is 2. The maximum atomic E-state index is 14.1. The molecule has 1 atom stereocenters. The monoisotopic (exact) mass is 503 g/mol. The normalized spacial score (nSPS) is 12.0. The number of amides is 2. The van der Waals surface area contributed by atoms with E-state index in [4.69, 9.17) is 9.15 Å². The molecule has 0 saturated heterocycles. The van der Waals surface area contributed by atoms with Crippen LogP contribution in [0.1, 0.15) is 44.8 Å². The molecule has 2 aromatic carbocycles. The Balaban J connectivity index is 1.79. The largest absolute Gasteiger partial charge is 0.492 e. The number of fused-ring (bicyclic) bond motifs is 1. The summed E-state index contributed by atoms with van der Waals surface area (Å²) in [7, 11) is 0. The van der Waals surface area contributed by atoms with Crippen LogP contribution in [0.3, 0.4) is 0 Å². The number of rotatable bonds is 11. The Labute approximate surface area is 216 Å². The van der Waals surface area contributed by atoms with Crippen LogP contribution in [0, 0.1) is 12.8 Å². The molecule has 0 bridgehead atoms. The Hall–Kier alpha value is -4.14. The molecule has 0 spiro atoms. The third-order valence-corrected chi connectivity index (χ3v) is 5.96. The topological polar surface area (TPSA) is 102 Å². The summed E-state index contributed by atoms with van der Waals surface area (Å²) < 4.78 is 13.3. The summed E-state index contributed by atoms with van der Waals surface area (Å²) in [5, 5.41) is 11.4. The molecule has 1 N–H and O–H groups in total. The molecule has 0 unspecified atom stereocenters. The van der Waals surface area contributed by atoms with E-state index < -0.39 is 6.04 Å². The van der Waals surface area contributed by atoms with Crippen molar-refractivity contribution in [2.45, 2.75) is 46.7 Å². The van der Waals surface area contributed by atoms with Crippen molar-refractivity contribution in [1.82, 2.24) is 20.3 Å². The van der Waals surface area contributed by atoms with Crippen molar-refractivity contribution in [3.8, 4) is 5.75 Å². The smallest absolute Gasteiger partial charge is 0.251 e. The number of nitrogens with zero attached hydrogens (tertiary/aromatic N) is 4. The molecule has 0 fully saturated rings. The van der Waals surface area contributed by atoms with E-state index in [0.29, 0.717) is 47.5 Å². The van der Waals surface area contributed by atoms with Gasteiger partial charge in [0.2, 0.25) is 5.91 Å². The van der Waals surface area contributed by atoms with Crippen LogP contribution in [0.15, 0.2) is 65.1 Å². The molecular formula is C28H33N5O4. The number of hydrogen-bond acceptors (Lipinski definition) is 6. The lowest BCUT2D eigenvalue weighted by Crippen LogP contribution is -2.45. The standard InChI is InChI=1S/C28H33N5O4/c1-5-36-24-13-9-8-12-23(24)33(26(34)18-32-22-11-7-6-10-21(22)30-31-32)27(25-15-14-20(4)37-25)28(35)29-17-16-19(2)3/h6-15,19,27H,5,16-18H2,1-4H3,(H,29,35)/t27-/m0/s1. The summed E-state index contributed by atoms with van der Waals surface area (Å²) in [6.07, 6.45) is 0.810. The Bertz CT molecular complexity index is 1360. The second-order valence-corrected chi connectivity index (χ2v) is 9.22. The van der Waals surface area contributed by atoms with Gasteiger partial charge in [0.05, 0.1) is 17.8 Å². The van der Waals surface area contributed by atoms with E-state index in [1.54, 1.807) is 31.2 Å². The predicted octanol–water partition coefficient (Wildman–Crippen LogP) is 4.67. The quantitative estimate of drug-likeness (QED) is 0.319. The van der Waals surface area contributed by atoms with Gasteiger partial charge in [0.1, 0.15) is 29.3 Å². The minimum absolute atomic E-state index is 0.129. The van der Waals surface area contributed by atoms with Crippen LogP contribution in [-0.2, 0) is 16.1 Å². The number of furan rings is 1. The highest BCUT2D eigenvalue weighted by Gasteiger charge is 2.36. The molecule has 2 aromatic heterocycles. The summed E-state index contributed by atoms with van der Waals surface area (Å²) in [6.45, 7) is 8.62. The summed E-state index contributed by atoms with van der Waals surface area (Å²) in [6, 6.07) is 17.1. The van der Waals surface area contributed by atoms with E-state index in [2.05, 4.69) is 29.5 Å². The van der Waals surface area contributed by atoms with E-state index in [-0.39, 0.29) is 18.4 Å². The molecule has 2 heterocycles. The van der Waals surface area contributed by atoms with E-state index in [1.807, 2.05) is 43.3 Å². The molecule has 4 aromatic rings. The van der Waals surface area contributed by atoms with Crippen LogP contribution < -0.4 is 15.0 Å². The van der Waals surface area contributed by atoms with Gasteiger partial charge in [-0.25, -0.2) is 4.68 Å². The van der Waals surface area contributed by atoms with Gasteiger partial charge in [0, 0.05) is 6.54 Å². The summed E-state index contributed by atoms with van der Waals surface area (Å²) in [5.41, 5.74) is 1.87. The average molecular weight is 504 g/mol. The number of anilines is 1. The summed E-state index contributed by atoms with van der Waals surface area (Å²) in [5.74, 6) is 1.22. The Morgan fingerprint density at radius 3 is 2.57 bits per heavy atom. The van der Waals surface area contributed by atoms with Crippen molar-refractivity contribution in [3.63, 3.8) is 0 Å². The zero-order valence-electron chi connectivity index (χ0n) is 21.7. The van der Waals surface area contributed by atoms with E-state index in [9.17, 15) is 9.59 Å². The first kappa shape index (κ1) is 25.9. The van der Waals surface area contributed by atoms with E-state index in [1.165, 1.54) is 9.58 Å². The fraction of sp³-hybridized carbons (Fsp3) is 0.357. The zero-order chi connectivity index (χ0) is 26.4. The molecule has 4 rings (SSSR count). The van der Waals surface area contributed by atoms with Crippen molar-refractivity contribution in [2.24, 2.45) is 5.92 Å². The fourth-order valence-electron chi connectivity index (χ4n) is 4.14. The third kappa shape index (κ3) is 5.99. The summed E-state index contributed by atoms with van der Waals surface area (Å²) >= 11 is 0. The second-order valence-electron chi connectivity index (χ2n) is 9.22. The highest BCUT2D eigenvalue weighted by Crippen LogP contribution is 2.36. The number of hydrogen-bond donors (Lipinski definition) is 1. The maximum absolute atomic E-state index is 14.1. The van der Waals surface area contributed by atoms with Gasteiger partial charge in [-0.15, -0.1) is 5.10 Å². The minimum Gasteiger partial charge on any atom is -0.492 e. The van der Waals surface area contributed by atoms with Crippen molar-refractivity contribution < 1.29 is 18.7 Å². The molecule has 0 aliphatic carbocycles. The SMILES string of the molecule is CCOc1ccccc1N(C(=O)Cn1nnc2ccccc21)[C@H](C(=O)NCCC(C)C)c1ccc(C)o1. The molecule has 0 aliphatic rings.